The molecule has 0 aliphatic heterocycles. The Hall–Kier alpha value is -3.61. The molecule has 2 heterocycles. The SMILES string of the molecule is CC(=O)c1c(C)[nH]c(C(=O)COC(=O)c2ccc(COc3ccccc3)o2)c1C. The highest BCUT2D eigenvalue weighted by atomic mass is 16.5. The van der Waals surface area contributed by atoms with Crippen molar-refractivity contribution in [3.8, 4) is 5.75 Å². The molecule has 29 heavy (non-hydrogen) atoms. The maximum atomic E-state index is 12.4. The number of aromatic amines is 1. The van der Waals surface area contributed by atoms with Gasteiger partial charge in [0.25, 0.3) is 0 Å². The molecule has 0 saturated carbocycles. The monoisotopic (exact) mass is 395 g/mol. The van der Waals surface area contributed by atoms with Gasteiger partial charge < -0.3 is 18.9 Å². The van der Waals surface area contributed by atoms with Crippen molar-refractivity contribution in [2.45, 2.75) is 27.4 Å². The van der Waals surface area contributed by atoms with Crippen LogP contribution in [0.3, 0.4) is 0 Å². The maximum absolute atomic E-state index is 12.4. The summed E-state index contributed by atoms with van der Waals surface area (Å²) in [5.41, 5.74) is 1.90. The number of aromatic nitrogens is 1. The summed E-state index contributed by atoms with van der Waals surface area (Å²) < 4.78 is 16.0. The molecule has 0 atom stereocenters. The van der Waals surface area contributed by atoms with Crippen molar-refractivity contribution in [1.29, 1.82) is 0 Å². The molecule has 1 aromatic carbocycles. The predicted octanol–water partition coefficient (Wildman–Crippen LogP) is 4.05. The molecule has 0 radical (unpaired) electrons. The number of hydrogen-bond donors (Lipinski definition) is 1. The number of furan rings is 1. The Morgan fingerprint density at radius 2 is 1.76 bits per heavy atom. The molecule has 7 nitrogen and oxygen atoms in total. The summed E-state index contributed by atoms with van der Waals surface area (Å²) >= 11 is 0. The Balaban J connectivity index is 1.57. The third kappa shape index (κ3) is 4.63. The van der Waals surface area contributed by atoms with Gasteiger partial charge in [-0.2, -0.15) is 0 Å². The van der Waals surface area contributed by atoms with Crippen molar-refractivity contribution in [2.24, 2.45) is 0 Å². The van der Waals surface area contributed by atoms with Crippen LogP contribution in [0.25, 0.3) is 0 Å². The zero-order valence-corrected chi connectivity index (χ0v) is 16.4. The van der Waals surface area contributed by atoms with Gasteiger partial charge in [0.05, 0.1) is 5.69 Å². The zero-order chi connectivity index (χ0) is 21.0. The number of carbonyl (C=O) groups excluding carboxylic acids is 3. The minimum atomic E-state index is -0.753. The zero-order valence-electron chi connectivity index (χ0n) is 16.4. The molecule has 0 bridgehead atoms. The smallest absolute Gasteiger partial charge is 0.374 e. The van der Waals surface area contributed by atoms with Crippen LogP contribution in [0.2, 0.25) is 0 Å². The average Bonchev–Trinajstić information content (AvgIpc) is 3.29. The summed E-state index contributed by atoms with van der Waals surface area (Å²) in [5, 5.41) is 0. The lowest BCUT2D eigenvalue weighted by Crippen LogP contribution is -2.15. The molecule has 1 N–H and O–H groups in total. The van der Waals surface area contributed by atoms with Crippen LogP contribution in [0.5, 0.6) is 5.75 Å². The van der Waals surface area contributed by atoms with Crippen LogP contribution in [0, 0.1) is 13.8 Å². The molecule has 0 aliphatic rings. The lowest BCUT2D eigenvalue weighted by molar-refractivity contribution is 0.0439. The number of Topliss-reactive ketones (excluding diaryl/α,β-unsaturated/α-hetero) is 2. The Morgan fingerprint density at radius 3 is 2.41 bits per heavy atom. The molecule has 7 heteroatoms. The van der Waals surface area contributed by atoms with E-state index in [1.54, 1.807) is 19.9 Å². The summed E-state index contributed by atoms with van der Waals surface area (Å²) in [5.74, 6) is -0.196. The Morgan fingerprint density at radius 1 is 1.03 bits per heavy atom. The number of aryl methyl sites for hydroxylation is 1. The second kappa shape index (κ2) is 8.60. The highest BCUT2D eigenvalue weighted by Crippen LogP contribution is 2.19. The summed E-state index contributed by atoms with van der Waals surface area (Å²) in [6.45, 7) is 4.53. The van der Waals surface area contributed by atoms with Crippen LogP contribution in [0.1, 0.15) is 55.3 Å². The quantitative estimate of drug-likeness (QED) is 0.456. The fourth-order valence-electron chi connectivity index (χ4n) is 3.07. The molecule has 0 fully saturated rings. The van der Waals surface area contributed by atoms with Crippen LogP contribution >= 0.6 is 0 Å². The van der Waals surface area contributed by atoms with Crippen molar-refractivity contribution in [3.63, 3.8) is 0 Å². The average molecular weight is 395 g/mol. The first-order valence-electron chi connectivity index (χ1n) is 9.03. The van der Waals surface area contributed by atoms with Crippen molar-refractivity contribution in [3.05, 3.63) is 76.5 Å². The second-order valence-corrected chi connectivity index (χ2v) is 6.55. The van der Waals surface area contributed by atoms with E-state index in [0.29, 0.717) is 28.3 Å². The van der Waals surface area contributed by atoms with Crippen molar-refractivity contribution < 1.29 is 28.3 Å². The second-order valence-electron chi connectivity index (χ2n) is 6.55. The number of rotatable bonds is 8. The molecule has 3 rings (SSSR count). The normalized spacial score (nSPS) is 10.6. The highest BCUT2D eigenvalue weighted by Gasteiger charge is 2.21. The number of nitrogens with one attached hydrogen (secondary N) is 1. The number of carbonyl (C=O) groups is 3. The van der Waals surface area contributed by atoms with Crippen LogP contribution in [0.4, 0.5) is 0 Å². The Kier molecular flexibility index (Phi) is 5.97. The summed E-state index contributed by atoms with van der Waals surface area (Å²) in [7, 11) is 0. The van der Waals surface area contributed by atoms with Crippen LogP contribution < -0.4 is 4.74 Å². The fourth-order valence-corrected chi connectivity index (χ4v) is 3.07. The summed E-state index contributed by atoms with van der Waals surface area (Å²) in [6, 6.07) is 12.3. The highest BCUT2D eigenvalue weighted by molar-refractivity contribution is 6.04. The largest absolute Gasteiger partial charge is 0.486 e. The number of benzene rings is 1. The Bertz CT molecular complexity index is 1040. The van der Waals surface area contributed by atoms with Crippen LogP contribution in [-0.4, -0.2) is 29.1 Å². The first kappa shape index (κ1) is 20.1. The molecule has 0 aliphatic carbocycles. The molecule has 2 aromatic heterocycles. The Labute approximate surface area is 167 Å². The minimum absolute atomic E-state index is 0.0201. The van der Waals surface area contributed by atoms with Gasteiger partial charge in [-0.15, -0.1) is 0 Å². The summed E-state index contributed by atoms with van der Waals surface area (Å²) in [6.07, 6.45) is 0. The lowest BCUT2D eigenvalue weighted by Gasteiger charge is -2.04. The van der Waals surface area contributed by atoms with Gasteiger partial charge in [-0.05, 0) is 50.6 Å². The van der Waals surface area contributed by atoms with E-state index in [1.807, 2.05) is 30.3 Å². The van der Waals surface area contributed by atoms with Crippen molar-refractivity contribution in [2.75, 3.05) is 6.61 Å². The van der Waals surface area contributed by atoms with E-state index in [4.69, 9.17) is 13.9 Å². The minimum Gasteiger partial charge on any atom is -0.486 e. The first-order valence-corrected chi connectivity index (χ1v) is 9.03. The van der Waals surface area contributed by atoms with Crippen LogP contribution in [0.15, 0.2) is 46.9 Å². The third-order valence-corrected chi connectivity index (χ3v) is 4.39. The van der Waals surface area contributed by atoms with Gasteiger partial charge in [0.1, 0.15) is 18.1 Å². The number of hydrogen-bond acceptors (Lipinski definition) is 6. The number of H-pyrrole nitrogens is 1. The lowest BCUT2D eigenvalue weighted by atomic mass is 10.1. The number of ketones is 2. The van der Waals surface area contributed by atoms with E-state index < -0.39 is 18.4 Å². The molecule has 3 aromatic rings. The van der Waals surface area contributed by atoms with Crippen molar-refractivity contribution in [1.82, 2.24) is 4.98 Å². The van der Waals surface area contributed by atoms with E-state index in [2.05, 4.69) is 4.98 Å². The molecule has 150 valence electrons. The van der Waals surface area contributed by atoms with Crippen LogP contribution in [-0.2, 0) is 11.3 Å². The standard InChI is InChI=1S/C22H21NO6/c1-13-20(15(3)24)14(2)23-21(13)18(25)12-28-22(26)19-10-9-17(29-19)11-27-16-7-5-4-6-8-16/h4-10,23H,11-12H2,1-3H3. The van der Waals surface area contributed by atoms with E-state index in [9.17, 15) is 14.4 Å². The van der Waals surface area contributed by atoms with E-state index in [1.165, 1.54) is 13.0 Å². The maximum Gasteiger partial charge on any atom is 0.374 e. The number of para-hydroxylation sites is 1. The number of ether oxygens (including phenoxy) is 2. The van der Waals surface area contributed by atoms with Gasteiger partial charge in [0.15, 0.2) is 12.4 Å². The van der Waals surface area contributed by atoms with Crippen molar-refractivity contribution >= 4 is 17.5 Å². The van der Waals surface area contributed by atoms with Gasteiger partial charge in [0.2, 0.25) is 11.5 Å². The predicted molar refractivity (Wildman–Crippen MR) is 104 cm³/mol. The van der Waals surface area contributed by atoms with Gasteiger partial charge in [-0.25, -0.2) is 4.79 Å². The molecular weight excluding hydrogens is 374 g/mol. The molecular formula is C22H21NO6. The van der Waals surface area contributed by atoms with Gasteiger partial charge in [0, 0.05) is 11.3 Å². The van der Waals surface area contributed by atoms with E-state index in [-0.39, 0.29) is 23.8 Å². The van der Waals surface area contributed by atoms with Gasteiger partial charge in [-0.3, -0.25) is 9.59 Å². The van der Waals surface area contributed by atoms with E-state index >= 15 is 0 Å². The fraction of sp³-hybridized carbons (Fsp3) is 0.227. The van der Waals surface area contributed by atoms with Gasteiger partial charge >= 0.3 is 5.97 Å². The summed E-state index contributed by atoms with van der Waals surface area (Å²) in [4.78, 5) is 39.1. The topological polar surface area (TPSA) is 98.6 Å². The van der Waals surface area contributed by atoms with E-state index in [0.717, 1.165) is 0 Å². The molecule has 0 spiro atoms. The number of esters is 1. The molecule has 0 saturated heterocycles. The molecule has 0 amide bonds. The van der Waals surface area contributed by atoms with Gasteiger partial charge in [-0.1, -0.05) is 18.2 Å². The first-order chi connectivity index (χ1) is 13.9. The molecule has 0 unspecified atom stereocenters. The third-order valence-electron chi connectivity index (χ3n) is 4.39.